The van der Waals surface area contributed by atoms with E-state index >= 15 is 0 Å². The van der Waals surface area contributed by atoms with Crippen molar-refractivity contribution in [1.82, 2.24) is 0 Å². The first kappa shape index (κ1) is 13.6. The third-order valence-electron chi connectivity index (χ3n) is 3.92. The van der Waals surface area contributed by atoms with Gasteiger partial charge < -0.3 is 10.5 Å². The molecule has 0 saturated carbocycles. The minimum absolute atomic E-state index is 0.198. The fourth-order valence-corrected chi connectivity index (χ4v) is 2.62. The Morgan fingerprint density at radius 2 is 1.83 bits per heavy atom. The lowest BCUT2D eigenvalue weighted by Gasteiger charge is -2.37. The predicted octanol–water partition coefficient (Wildman–Crippen LogP) is 3.34. The Morgan fingerprint density at radius 3 is 2.33 bits per heavy atom. The van der Waals surface area contributed by atoms with Crippen molar-refractivity contribution >= 4 is 0 Å². The Labute approximate surface area is 111 Å². The van der Waals surface area contributed by atoms with Gasteiger partial charge in [-0.25, -0.2) is 0 Å². The molecule has 2 rings (SSSR count). The average molecular weight is 247 g/mol. The van der Waals surface area contributed by atoms with Crippen LogP contribution in [0.5, 0.6) is 0 Å². The number of benzene rings is 1. The van der Waals surface area contributed by atoms with Crippen LogP contribution in [-0.2, 0) is 15.8 Å². The summed E-state index contributed by atoms with van der Waals surface area (Å²) in [6.45, 7) is 9.61. The Kier molecular flexibility index (Phi) is 3.52. The van der Waals surface area contributed by atoms with E-state index in [2.05, 4.69) is 52.0 Å². The van der Waals surface area contributed by atoms with Crippen molar-refractivity contribution in [3.8, 4) is 0 Å². The summed E-state index contributed by atoms with van der Waals surface area (Å²) in [6.07, 6.45) is 1.87. The molecular formula is C16H25NO. The van der Waals surface area contributed by atoms with Crippen LogP contribution in [0.15, 0.2) is 24.3 Å². The molecule has 2 nitrogen and oxygen atoms in total. The van der Waals surface area contributed by atoms with Gasteiger partial charge in [0.05, 0.1) is 5.60 Å². The smallest absolute Gasteiger partial charge is 0.0918 e. The highest BCUT2D eigenvalue weighted by molar-refractivity contribution is 5.31. The molecule has 1 aromatic rings. The van der Waals surface area contributed by atoms with Crippen molar-refractivity contribution in [2.45, 2.75) is 57.6 Å². The first-order chi connectivity index (χ1) is 8.31. The van der Waals surface area contributed by atoms with E-state index in [1.165, 1.54) is 11.1 Å². The maximum Gasteiger partial charge on any atom is 0.0918 e. The van der Waals surface area contributed by atoms with Crippen molar-refractivity contribution in [1.29, 1.82) is 0 Å². The Morgan fingerprint density at radius 1 is 1.22 bits per heavy atom. The standard InChI is InChI=1S/C16H25NO/c1-15(2,3)12-5-7-13(8-6-12)16(4)11-14(17)9-10-18-16/h5-8,14H,9-11,17H2,1-4H3. The molecule has 0 aromatic heterocycles. The molecule has 100 valence electrons. The van der Waals surface area contributed by atoms with Crippen molar-refractivity contribution in [2.75, 3.05) is 6.61 Å². The maximum absolute atomic E-state index is 6.07. The number of rotatable bonds is 1. The lowest BCUT2D eigenvalue weighted by Crippen LogP contribution is -2.41. The monoisotopic (exact) mass is 247 g/mol. The summed E-state index contributed by atoms with van der Waals surface area (Å²) in [5, 5.41) is 0. The highest BCUT2D eigenvalue weighted by atomic mass is 16.5. The lowest BCUT2D eigenvalue weighted by atomic mass is 9.82. The molecule has 1 saturated heterocycles. The number of hydrogen-bond donors (Lipinski definition) is 1. The van der Waals surface area contributed by atoms with Gasteiger partial charge in [-0.15, -0.1) is 0 Å². The van der Waals surface area contributed by atoms with E-state index < -0.39 is 0 Å². The quantitative estimate of drug-likeness (QED) is 0.826. The molecule has 1 heterocycles. The fourth-order valence-electron chi connectivity index (χ4n) is 2.62. The van der Waals surface area contributed by atoms with Gasteiger partial charge in [0, 0.05) is 12.6 Å². The van der Waals surface area contributed by atoms with Crippen molar-refractivity contribution < 1.29 is 4.74 Å². The molecule has 1 fully saturated rings. The second-order valence-corrected chi connectivity index (χ2v) is 6.66. The van der Waals surface area contributed by atoms with Crippen LogP contribution in [0.3, 0.4) is 0 Å². The van der Waals surface area contributed by atoms with Gasteiger partial charge in [-0.2, -0.15) is 0 Å². The van der Waals surface area contributed by atoms with E-state index in [0.29, 0.717) is 0 Å². The third kappa shape index (κ3) is 2.76. The summed E-state index contributed by atoms with van der Waals surface area (Å²) >= 11 is 0. The zero-order valence-electron chi connectivity index (χ0n) is 12.0. The van der Waals surface area contributed by atoms with Crippen molar-refractivity contribution in [2.24, 2.45) is 5.73 Å². The van der Waals surface area contributed by atoms with Crippen LogP contribution in [0.2, 0.25) is 0 Å². The first-order valence-electron chi connectivity index (χ1n) is 6.82. The molecule has 2 atom stereocenters. The van der Waals surface area contributed by atoms with Crippen LogP contribution in [0.25, 0.3) is 0 Å². The molecule has 0 bridgehead atoms. The molecule has 2 heteroatoms. The van der Waals surface area contributed by atoms with Gasteiger partial charge in [-0.05, 0) is 36.3 Å². The van der Waals surface area contributed by atoms with Crippen molar-refractivity contribution in [3.63, 3.8) is 0 Å². The summed E-state index contributed by atoms with van der Waals surface area (Å²) in [4.78, 5) is 0. The first-order valence-corrected chi connectivity index (χ1v) is 6.82. The molecule has 0 radical (unpaired) electrons. The van der Waals surface area contributed by atoms with Crippen LogP contribution in [0.1, 0.15) is 51.7 Å². The second kappa shape index (κ2) is 4.67. The molecule has 2 unspecified atom stereocenters. The molecule has 0 amide bonds. The number of hydrogen-bond acceptors (Lipinski definition) is 2. The van der Waals surface area contributed by atoms with Gasteiger partial charge in [-0.3, -0.25) is 0 Å². The normalized spacial score (nSPS) is 29.3. The fraction of sp³-hybridized carbons (Fsp3) is 0.625. The summed E-state index contributed by atoms with van der Waals surface area (Å²) in [6, 6.07) is 9.07. The van der Waals surface area contributed by atoms with Gasteiger partial charge in [0.2, 0.25) is 0 Å². The van der Waals surface area contributed by atoms with Gasteiger partial charge in [0.1, 0.15) is 0 Å². The van der Waals surface area contributed by atoms with E-state index in [-0.39, 0.29) is 17.1 Å². The molecule has 0 spiro atoms. The largest absolute Gasteiger partial charge is 0.370 e. The lowest BCUT2D eigenvalue weighted by molar-refractivity contribution is -0.0766. The average Bonchev–Trinajstić information content (AvgIpc) is 2.28. The predicted molar refractivity (Wildman–Crippen MR) is 75.7 cm³/mol. The highest BCUT2D eigenvalue weighted by Gasteiger charge is 2.33. The summed E-state index contributed by atoms with van der Waals surface area (Å²) in [5.74, 6) is 0. The van der Waals surface area contributed by atoms with E-state index in [9.17, 15) is 0 Å². The number of nitrogens with two attached hydrogens (primary N) is 1. The minimum Gasteiger partial charge on any atom is -0.370 e. The topological polar surface area (TPSA) is 35.2 Å². The zero-order valence-corrected chi connectivity index (χ0v) is 12.0. The maximum atomic E-state index is 6.07. The van der Waals surface area contributed by atoms with Crippen LogP contribution in [-0.4, -0.2) is 12.6 Å². The molecule has 1 aliphatic heterocycles. The molecule has 1 aliphatic rings. The van der Waals surface area contributed by atoms with Crippen LogP contribution >= 0.6 is 0 Å². The molecule has 2 N–H and O–H groups in total. The molecule has 18 heavy (non-hydrogen) atoms. The Hall–Kier alpha value is -0.860. The van der Waals surface area contributed by atoms with Gasteiger partial charge in [0.25, 0.3) is 0 Å². The van der Waals surface area contributed by atoms with E-state index in [0.717, 1.165) is 19.4 Å². The van der Waals surface area contributed by atoms with E-state index in [1.54, 1.807) is 0 Å². The molecule has 1 aromatic carbocycles. The molecule has 0 aliphatic carbocycles. The van der Waals surface area contributed by atoms with Crippen molar-refractivity contribution in [3.05, 3.63) is 35.4 Å². The van der Waals surface area contributed by atoms with Gasteiger partial charge in [-0.1, -0.05) is 45.0 Å². The van der Waals surface area contributed by atoms with Crippen LogP contribution < -0.4 is 5.73 Å². The van der Waals surface area contributed by atoms with Crippen LogP contribution in [0, 0.1) is 0 Å². The SMILES string of the molecule is CC(C)(C)c1ccc(C2(C)CC(N)CCO2)cc1. The minimum atomic E-state index is -0.214. The number of ether oxygens (including phenoxy) is 1. The van der Waals surface area contributed by atoms with Crippen LogP contribution in [0.4, 0.5) is 0 Å². The Bertz CT molecular complexity index is 404. The highest BCUT2D eigenvalue weighted by Crippen LogP contribution is 2.35. The van der Waals surface area contributed by atoms with E-state index in [4.69, 9.17) is 10.5 Å². The second-order valence-electron chi connectivity index (χ2n) is 6.66. The molecular weight excluding hydrogens is 222 g/mol. The summed E-state index contributed by atoms with van der Waals surface area (Å²) < 4.78 is 5.97. The van der Waals surface area contributed by atoms with Gasteiger partial charge in [0.15, 0.2) is 0 Å². The summed E-state index contributed by atoms with van der Waals surface area (Å²) in [5.41, 5.74) is 8.65. The summed E-state index contributed by atoms with van der Waals surface area (Å²) in [7, 11) is 0. The third-order valence-corrected chi connectivity index (χ3v) is 3.92. The van der Waals surface area contributed by atoms with Gasteiger partial charge >= 0.3 is 0 Å². The van der Waals surface area contributed by atoms with E-state index in [1.807, 2.05) is 0 Å². The Balaban J connectivity index is 2.23. The zero-order chi connectivity index (χ0) is 13.4.